The fraction of sp³-hybridized carbons (Fsp3) is 0.0714. The van der Waals surface area contributed by atoms with Crippen molar-refractivity contribution in [2.45, 2.75) is 4.90 Å². The minimum Gasteiger partial charge on any atom is -0.507 e. The smallest absolute Gasteiger partial charge is 0.261 e. The molecule has 0 atom stereocenters. The molecule has 2 rings (SSSR count). The van der Waals surface area contributed by atoms with E-state index >= 15 is 0 Å². The molecule has 0 aliphatic rings. The van der Waals surface area contributed by atoms with E-state index in [0.29, 0.717) is 0 Å². The number of aromatic hydroxyl groups is 1. The second-order valence-electron chi connectivity index (χ2n) is 5.10. The molecule has 25 heavy (non-hydrogen) atoms. The Morgan fingerprint density at radius 2 is 1.48 bits per heavy atom. The van der Waals surface area contributed by atoms with Crippen LogP contribution < -0.4 is 15.2 Å². The fourth-order valence-corrected chi connectivity index (χ4v) is 3.56. The number of nitrogens with two attached hydrogens (primary N) is 1. The molecular formula is C14H15N3O6S2. The number of primary amides is 1. The Kier molecular flexibility index (Phi) is 4.90. The lowest BCUT2D eigenvalue weighted by Crippen LogP contribution is -2.16. The molecule has 0 aliphatic carbocycles. The zero-order chi connectivity index (χ0) is 18.8. The molecule has 0 heterocycles. The molecule has 0 saturated carbocycles. The Morgan fingerprint density at radius 3 is 1.96 bits per heavy atom. The number of phenols is 1. The van der Waals surface area contributed by atoms with Gasteiger partial charge in [0.2, 0.25) is 10.0 Å². The van der Waals surface area contributed by atoms with Crippen LogP contribution in [0.1, 0.15) is 10.4 Å². The van der Waals surface area contributed by atoms with Crippen LogP contribution in [0.4, 0.5) is 11.4 Å². The standard InChI is InChI=1S/C14H15N3O6S2/c1-24(20,21)16-9-2-4-10(5-3-9)17-25(22,23)11-6-7-13(18)12(8-11)14(15)19/h2-8,16-18H,1H3,(H2,15,19). The number of nitrogens with one attached hydrogen (secondary N) is 2. The number of carbonyl (C=O) groups excluding carboxylic acids is 1. The molecule has 0 radical (unpaired) electrons. The molecule has 11 heteroatoms. The molecule has 0 spiro atoms. The van der Waals surface area contributed by atoms with Crippen molar-refractivity contribution in [2.75, 3.05) is 15.7 Å². The number of carbonyl (C=O) groups is 1. The lowest BCUT2D eigenvalue weighted by molar-refractivity contribution is 0.0997. The van der Waals surface area contributed by atoms with Crippen molar-refractivity contribution in [3.63, 3.8) is 0 Å². The summed E-state index contributed by atoms with van der Waals surface area (Å²) in [4.78, 5) is 10.9. The van der Waals surface area contributed by atoms with E-state index in [1.807, 2.05) is 0 Å². The number of sulfonamides is 2. The van der Waals surface area contributed by atoms with E-state index in [9.17, 15) is 26.7 Å². The zero-order valence-electron chi connectivity index (χ0n) is 12.9. The van der Waals surface area contributed by atoms with Crippen LogP contribution in [0.5, 0.6) is 5.75 Å². The van der Waals surface area contributed by atoms with Crippen molar-refractivity contribution in [3.8, 4) is 5.75 Å². The van der Waals surface area contributed by atoms with E-state index in [1.165, 1.54) is 24.3 Å². The van der Waals surface area contributed by atoms with Crippen molar-refractivity contribution in [1.82, 2.24) is 0 Å². The van der Waals surface area contributed by atoms with E-state index < -0.39 is 31.7 Å². The van der Waals surface area contributed by atoms with Crippen LogP contribution in [0.3, 0.4) is 0 Å². The Labute approximate surface area is 144 Å². The maximum absolute atomic E-state index is 12.3. The highest BCUT2D eigenvalue weighted by Crippen LogP contribution is 2.23. The Hall–Kier alpha value is -2.79. The van der Waals surface area contributed by atoms with Gasteiger partial charge in [0.1, 0.15) is 5.75 Å². The second-order valence-corrected chi connectivity index (χ2v) is 8.53. The van der Waals surface area contributed by atoms with Crippen molar-refractivity contribution in [1.29, 1.82) is 0 Å². The Morgan fingerprint density at radius 1 is 0.960 bits per heavy atom. The molecule has 0 aromatic heterocycles. The molecule has 134 valence electrons. The normalized spacial score (nSPS) is 11.7. The first-order chi connectivity index (χ1) is 11.5. The first kappa shape index (κ1) is 18.5. The minimum atomic E-state index is -4.04. The Balaban J connectivity index is 2.27. The number of benzene rings is 2. The summed E-state index contributed by atoms with van der Waals surface area (Å²) in [5.74, 6) is -1.39. The van der Waals surface area contributed by atoms with Gasteiger partial charge in [0.15, 0.2) is 0 Å². The van der Waals surface area contributed by atoms with Crippen LogP contribution in [0.25, 0.3) is 0 Å². The fourth-order valence-electron chi connectivity index (χ4n) is 1.91. The van der Waals surface area contributed by atoms with Crippen LogP contribution in [-0.4, -0.2) is 34.1 Å². The molecule has 0 saturated heterocycles. The van der Waals surface area contributed by atoms with Gasteiger partial charge in [-0.2, -0.15) is 0 Å². The molecule has 0 bridgehead atoms. The number of anilines is 2. The van der Waals surface area contributed by atoms with Gasteiger partial charge in [0.25, 0.3) is 15.9 Å². The van der Waals surface area contributed by atoms with Gasteiger partial charge < -0.3 is 10.8 Å². The summed E-state index contributed by atoms with van der Waals surface area (Å²) in [6, 6.07) is 8.60. The molecule has 0 unspecified atom stereocenters. The average molecular weight is 385 g/mol. The summed E-state index contributed by atoms with van der Waals surface area (Å²) < 4.78 is 51.5. The van der Waals surface area contributed by atoms with Gasteiger partial charge in [-0.1, -0.05) is 0 Å². The maximum atomic E-state index is 12.3. The third-order valence-electron chi connectivity index (χ3n) is 2.98. The van der Waals surface area contributed by atoms with E-state index in [2.05, 4.69) is 9.44 Å². The second kappa shape index (κ2) is 6.61. The molecule has 0 aliphatic heterocycles. The van der Waals surface area contributed by atoms with E-state index in [4.69, 9.17) is 5.73 Å². The van der Waals surface area contributed by atoms with Crippen molar-refractivity contribution >= 4 is 37.3 Å². The number of amides is 1. The summed E-state index contributed by atoms with van der Waals surface area (Å²) in [6.07, 6.45) is 0.991. The van der Waals surface area contributed by atoms with Crippen LogP contribution in [0, 0.1) is 0 Å². The highest BCUT2D eigenvalue weighted by molar-refractivity contribution is 7.92. The van der Waals surface area contributed by atoms with Crippen molar-refractivity contribution < 1.29 is 26.7 Å². The van der Waals surface area contributed by atoms with Gasteiger partial charge in [0, 0.05) is 11.4 Å². The zero-order valence-corrected chi connectivity index (χ0v) is 14.6. The van der Waals surface area contributed by atoms with Gasteiger partial charge in [0.05, 0.1) is 16.7 Å². The van der Waals surface area contributed by atoms with Crippen LogP contribution in [0.2, 0.25) is 0 Å². The number of hydrogen-bond acceptors (Lipinski definition) is 6. The van der Waals surface area contributed by atoms with E-state index in [0.717, 1.165) is 24.5 Å². The number of hydrogen-bond donors (Lipinski definition) is 4. The van der Waals surface area contributed by atoms with Gasteiger partial charge in [-0.3, -0.25) is 14.2 Å². The first-order valence-electron chi connectivity index (χ1n) is 6.71. The molecule has 2 aromatic rings. The predicted molar refractivity (Wildman–Crippen MR) is 92.3 cm³/mol. The van der Waals surface area contributed by atoms with Crippen molar-refractivity contribution in [3.05, 3.63) is 48.0 Å². The molecule has 2 aromatic carbocycles. The van der Waals surface area contributed by atoms with Crippen LogP contribution >= 0.6 is 0 Å². The minimum absolute atomic E-state index is 0.174. The summed E-state index contributed by atoms with van der Waals surface area (Å²) in [5.41, 5.74) is 5.20. The summed E-state index contributed by atoms with van der Waals surface area (Å²) >= 11 is 0. The maximum Gasteiger partial charge on any atom is 0.261 e. The average Bonchev–Trinajstić information content (AvgIpc) is 2.47. The molecule has 5 N–H and O–H groups in total. The highest BCUT2D eigenvalue weighted by Gasteiger charge is 2.18. The molecule has 0 fully saturated rings. The van der Waals surface area contributed by atoms with Gasteiger partial charge >= 0.3 is 0 Å². The molecular weight excluding hydrogens is 370 g/mol. The predicted octanol–water partition coefficient (Wildman–Crippen LogP) is 0.663. The first-order valence-corrected chi connectivity index (χ1v) is 10.1. The van der Waals surface area contributed by atoms with Gasteiger partial charge in [-0.25, -0.2) is 16.8 Å². The lowest BCUT2D eigenvalue weighted by Gasteiger charge is -2.10. The monoisotopic (exact) mass is 385 g/mol. The number of rotatable bonds is 6. The van der Waals surface area contributed by atoms with Crippen LogP contribution in [0.15, 0.2) is 47.4 Å². The Bertz CT molecular complexity index is 1020. The third kappa shape index (κ3) is 4.84. The summed E-state index contributed by atoms with van der Waals surface area (Å²) in [7, 11) is -7.48. The molecule has 9 nitrogen and oxygen atoms in total. The quantitative estimate of drug-likeness (QED) is 0.572. The van der Waals surface area contributed by atoms with Gasteiger partial charge in [-0.15, -0.1) is 0 Å². The van der Waals surface area contributed by atoms with Crippen molar-refractivity contribution in [2.24, 2.45) is 5.73 Å². The largest absolute Gasteiger partial charge is 0.507 e. The van der Waals surface area contributed by atoms with Gasteiger partial charge in [-0.05, 0) is 42.5 Å². The van der Waals surface area contributed by atoms with E-state index in [1.54, 1.807) is 0 Å². The van der Waals surface area contributed by atoms with E-state index in [-0.39, 0.29) is 21.8 Å². The molecule has 1 amide bonds. The highest BCUT2D eigenvalue weighted by atomic mass is 32.2. The summed E-state index contributed by atoms with van der Waals surface area (Å²) in [6.45, 7) is 0. The van der Waals surface area contributed by atoms with Crippen LogP contribution in [-0.2, 0) is 20.0 Å². The topological polar surface area (TPSA) is 156 Å². The SMILES string of the molecule is CS(=O)(=O)Nc1ccc(NS(=O)(=O)c2ccc(O)c(C(N)=O)c2)cc1. The summed E-state index contributed by atoms with van der Waals surface area (Å²) in [5, 5.41) is 9.51. The third-order valence-corrected chi connectivity index (χ3v) is 4.97. The lowest BCUT2D eigenvalue weighted by atomic mass is 10.2.